The Hall–Kier alpha value is -1.62. The molecule has 1 aromatic heterocycles. The molecule has 156 valence electrons. The monoisotopic (exact) mass is 455 g/mol. The molecule has 0 saturated carbocycles. The molecule has 1 N–H and O–H groups in total. The van der Waals surface area contributed by atoms with Gasteiger partial charge in [-0.15, -0.1) is 5.10 Å². The zero-order chi connectivity index (χ0) is 20.4. The molecule has 2 aliphatic heterocycles. The van der Waals surface area contributed by atoms with Crippen LogP contribution in [0, 0.1) is 0 Å². The Bertz CT molecular complexity index is 972. The van der Waals surface area contributed by atoms with Gasteiger partial charge in [0.1, 0.15) is 0 Å². The number of amides is 1. The Labute approximate surface area is 178 Å². The number of carbonyl (C=O) groups is 1. The molecule has 11 heteroatoms. The number of aromatic amines is 1. The molecule has 0 bridgehead atoms. The van der Waals surface area contributed by atoms with Crippen LogP contribution in [0.5, 0.6) is 0 Å². The maximum Gasteiger partial charge on any atom is 0.233 e. The van der Waals surface area contributed by atoms with Crippen LogP contribution in [0.15, 0.2) is 29.4 Å². The van der Waals surface area contributed by atoms with Crippen molar-refractivity contribution in [1.82, 2.24) is 25.0 Å². The van der Waals surface area contributed by atoms with Crippen LogP contribution in [0.3, 0.4) is 0 Å². The van der Waals surface area contributed by atoms with E-state index >= 15 is 0 Å². The molecule has 0 unspecified atom stereocenters. The van der Waals surface area contributed by atoms with Crippen molar-refractivity contribution in [2.45, 2.75) is 17.6 Å². The summed E-state index contributed by atoms with van der Waals surface area (Å²) in [5.41, 5.74) is 0.880. The maximum atomic E-state index is 12.5. The van der Waals surface area contributed by atoms with Gasteiger partial charge in [-0.3, -0.25) is 14.8 Å². The highest BCUT2D eigenvalue weighted by Gasteiger charge is 2.34. The minimum Gasteiger partial charge on any atom is -0.339 e. The molecular weight excluding hydrogens is 434 g/mol. The average molecular weight is 456 g/mol. The van der Waals surface area contributed by atoms with Crippen molar-refractivity contribution < 1.29 is 13.2 Å². The zero-order valence-electron chi connectivity index (χ0n) is 15.8. The second-order valence-electron chi connectivity index (χ2n) is 7.24. The third-order valence-electron chi connectivity index (χ3n) is 5.30. The van der Waals surface area contributed by atoms with Gasteiger partial charge in [0, 0.05) is 42.8 Å². The first kappa shape index (κ1) is 20.6. The SMILES string of the molecule is O=C(CSc1n[nH]c(-c2ccc(Cl)cc2)n1)N1CCN([C@H]2CCS(=O)(=O)C2)CC1. The summed E-state index contributed by atoms with van der Waals surface area (Å²) < 4.78 is 23.3. The number of aromatic nitrogens is 3. The first-order valence-electron chi connectivity index (χ1n) is 9.43. The van der Waals surface area contributed by atoms with Crippen molar-refractivity contribution in [3.8, 4) is 11.4 Å². The minimum absolute atomic E-state index is 0.0477. The Balaban J connectivity index is 1.25. The summed E-state index contributed by atoms with van der Waals surface area (Å²) in [6.45, 7) is 2.69. The van der Waals surface area contributed by atoms with Gasteiger partial charge < -0.3 is 4.90 Å². The fraction of sp³-hybridized carbons (Fsp3) is 0.500. The summed E-state index contributed by atoms with van der Waals surface area (Å²) in [5, 5.41) is 8.23. The summed E-state index contributed by atoms with van der Waals surface area (Å²) in [6, 6.07) is 7.40. The van der Waals surface area contributed by atoms with Crippen molar-refractivity contribution in [3.05, 3.63) is 29.3 Å². The summed E-state index contributed by atoms with van der Waals surface area (Å²) in [6.07, 6.45) is 0.701. The number of hydrogen-bond acceptors (Lipinski definition) is 7. The van der Waals surface area contributed by atoms with Crippen molar-refractivity contribution in [3.63, 3.8) is 0 Å². The molecule has 2 aromatic rings. The molecular formula is C18H22ClN5O3S2. The van der Waals surface area contributed by atoms with Crippen LogP contribution in [0.4, 0.5) is 0 Å². The van der Waals surface area contributed by atoms with E-state index in [2.05, 4.69) is 20.1 Å². The van der Waals surface area contributed by atoms with Crippen molar-refractivity contribution in [2.75, 3.05) is 43.4 Å². The van der Waals surface area contributed by atoms with Crippen molar-refractivity contribution in [2.24, 2.45) is 0 Å². The van der Waals surface area contributed by atoms with Gasteiger partial charge in [0.05, 0.1) is 17.3 Å². The molecule has 1 atom stereocenters. The Kier molecular flexibility index (Phi) is 6.14. The molecule has 0 aliphatic carbocycles. The van der Waals surface area contributed by atoms with E-state index in [1.54, 1.807) is 12.1 Å². The first-order chi connectivity index (χ1) is 13.9. The van der Waals surface area contributed by atoms with Crippen LogP contribution >= 0.6 is 23.4 Å². The standard InChI is InChI=1S/C18H22ClN5O3S2/c19-14-3-1-13(2-4-14)17-20-18(22-21-17)28-11-16(25)24-8-6-23(7-9-24)15-5-10-29(26,27)12-15/h1-4,15H,5-12H2,(H,20,21,22)/t15-/m0/s1. The molecule has 2 aliphatic rings. The zero-order valence-corrected chi connectivity index (χ0v) is 18.1. The second-order valence-corrected chi connectivity index (χ2v) is 10.8. The number of halogens is 1. The molecule has 1 aromatic carbocycles. The summed E-state index contributed by atoms with van der Waals surface area (Å²) in [4.78, 5) is 21.0. The summed E-state index contributed by atoms with van der Waals surface area (Å²) in [7, 11) is -2.88. The average Bonchev–Trinajstić information content (AvgIpc) is 3.33. The van der Waals surface area contributed by atoms with Crippen molar-refractivity contribution >= 4 is 39.1 Å². The number of carbonyl (C=O) groups excluding carboxylic acids is 1. The molecule has 2 fully saturated rings. The van der Waals surface area contributed by atoms with Crippen LogP contribution in [-0.2, 0) is 14.6 Å². The lowest BCUT2D eigenvalue weighted by atomic mass is 10.2. The lowest BCUT2D eigenvalue weighted by Crippen LogP contribution is -2.52. The highest BCUT2D eigenvalue weighted by atomic mass is 35.5. The van der Waals surface area contributed by atoms with E-state index in [1.165, 1.54) is 11.8 Å². The predicted molar refractivity (Wildman–Crippen MR) is 113 cm³/mol. The van der Waals surface area contributed by atoms with Crippen LogP contribution in [0.25, 0.3) is 11.4 Å². The van der Waals surface area contributed by atoms with E-state index in [-0.39, 0.29) is 29.2 Å². The van der Waals surface area contributed by atoms with Gasteiger partial charge in [-0.25, -0.2) is 13.4 Å². The molecule has 0 spiro atoms. The fourth-order valence-electron chi connectivity index (χ4n) is 3.67. The van der Waals surface area contributed by atoms with Gasteiger partial charge in [-0.05, 0) is 30.7 Å². The molecule has 0 radical (unpaired) electrons. The number of piperazine rings is 1. The minimum atomic E-state index is -2.88. The number of nitrogens with zero attached hydrogens (tertiary/aromatic N) is 4. The predicted octanol–water partition coefficient (Wildman–Crippen LogP) is 1.55. The van der Waals surface area contributed by atoms with E-state index in [9.17, 15) is 13.2 Å². The van der Waals surface area contributed by atoms with Crippen molar-refractivity contribution in [1.29, 1.82) is 0 Å². The summed E-state index contributed by atoms with van der Waals surface area (Å²) in [5.74, 6) is 1.48. The van der Waals surface area contributed by atoms with Crippen LogP contribution in [0.2, 0.25) is 5.02 Å². The fourth-order valence-corrected chi connectivity index (χ4v) is 6.25. The molecule has 3 heterocycles. The molecule has 4 rings (SSSR count). The lowest BCUT2D eigenvalue weighted by Gasteiger charge is -2.37. The smallest absolute Gasteiger partial charge is 0.233 e. The van der Waals surface area contributed by atoms with E-state index in [1.807, 2.05) is 17.0 Å². The van der Waals surface area contributed by atoms with Gasteiger partial charge in [0.25, 0.3) is 0 Å². The number of thioether (sulfide) groups is 1. The molecule has 8 nitrogen and oxygen atoms in total. The lowest BCUT2D eigenvalue weighted by molar-refractivity contribution is -0.130. The number of H-pyrrole nitrogens is 1. The van der Waals surface area contributed by atoms with Crippen LogP contribution < -0.4 is 0 Å². The molecule has 29 heavy (non-hydrogen) atoms. The third kappa shape index (κ3) is 5.11. The number of rotatable bonds is 5. The second kappa shape index (κ2) is 8.63. The molecule has 1 amide bonds. The van der Waals surface area contributed by atoms with Gasteiger partial charge >= 0.3 is 0 Å². The Morgan fingerprint density at radius 2 is 1.93 bits per heavy atom. The van der Waals surface area contributed by atoms with Gasteiger partial charge in [0.2, 0.25) is 11.1 Å². The van der Waals surface area contributed by atoms with Gasteiger partial charge in [-0.2, -0.15) is 0 Å². The maximum absolute atomic E-state index is 12.5. The number of nitrogens with one attached hydrogen (secondary N) is 1. The molecule has 2 saturated heterocycles. The normalized spacial score (nSPS) is 22.1. The van der Waals surface area contributed by atoms with Gasteiger partial charge in [0.15, 0.2) is 15.7 Å². The first-order valence-corrected chi connectivity index (χ1v) is 12.6. The van der Waals surface area contributed by atoms with E-state index in [0.29, 0.717) is 35.5 Å². The topological polar surface area (TPSA) is 99.3 Å². The van der Waals surface area contributed by atoms with Crippen LogP contribution in [0.1, 0.15) is 6.42 Å². The number of sulfone groups is 1. The van der Waals surface area contributed by atoms with E-state index in [0.717, 1.165) is 18.7 Å². The Morgan fingerprint density at radius 3 is 2.59 bits per heavy atom. The highest BCUT2D eigenvalue weighted by molar-refractivity contribution is 7.99. The number of hydrogen-bond donors (Lipinski definition) is 1. The van der Waals surface area contributed by atoms with E-state index < -0.39 is 9.84 Å². The third-order valence-corrected chi connectivity index (χ3v) is 8.13. The Morgan fingerprint density at radius 1 is 1.21 bits per heavy atom. The quantitative estimate of drug-likeness (QED) is 0.683. The number of benzene rings is 1. The largest absolute Gasteiger partial charge is 0.339 e. The van der Waals surface area contributed by atoms with Crippen LogP contribution in [-0.4, -0.2) is 88.8 Å². The van der Waals surface area contributed by atoms with E-state index in [4.69, 9.17) is 11.6 Å². The highest BCUT2D eigenvalue weighted by Crippen LogP contribution is 2.22. The van der Waals surface area contributed by atoms with Gasteiger partial charge in [-0.1, -0.05) is 23.4 Å². The summed E-state index contributed by atoms with van der Waals surface area (Å²) >= 11 is 7.20.